The molecule has 8 nitrogen and oxygen atoms in total. The van der Waals surface area contributed by atoms with Gasteiger partial charge in [0.25, 0.3) is 11.8 Å². The zero-order valence-corrected chi connectivity index (χ0v) is 17.4. The molecule has 0 unspecified atom stereocenters. The monoisotopic (exact) mass is 427 g/mol. The first-order valence-corrected chi connectivity index (χ1v) is 11.0. The summed E-state index contributed by atoms with van der Waals surface area (Å²) >= 11 is 0. The first-order chi connectivity index (χ1) is 14.2. The van der Waals surface area contributed by atoms with E-state index in [9.17, 15) is 22.8 Å². The molecule has 0 aliphatic carbocycles. The summed E-state index contributed by atoms with van der Waals surface area (Å²) in [5.41, 5.74) is 1.49. The maximum absolute atomic E-state index is 13.1. The largest absolute Gasteiger partial charge is 0.324 e. The van der Waals surface area contributed by atoms with Gasteiger partial charge in [0.05, 0.1) is 21.7 Å². The Morgan fingerprint density at radius 2 is 1.77 bits per heavy atom. The maximum Gasteiger partial charge on any atom is 0.263 e. The smallest absolute Gasteiger partial charge is 0.263 e. The number of carbonyl (C=O) groups excluding carboxylic acids is 3. The van der Waals surface area contributed by atoms with Gasteiger partial charge in [0.15, 0.2) is 0 Å². The summed E-state index contributed by atoms with van der Waals surface area (Å²) in [6, 6.07) is 10.2. The molecular weight excluding hydrogens is 406 g/mol. The Morgan fingerprint density at radius 3 is 2.47 bits per heavy atom. The lowest BCUT2D eigenvalue weighted by molar-refractivity contribution is -0.119. The standard InChI is InChI=1S/C21H21N3O5S/c1-13-8-10-14(11-9-13)30(28,29)24-12-4-7-17(24)19(25)22-16-6-3-5-15-18(16)21(27)23(2)20(15)26/h3,5-6,8-11,17H,4,7,12H2,1-2H3,(H,22,25)/t17-/m1/s1. The van der Waals surface area contributed by atoms with Gasteiger partial charge in [0.1, 0.15) is 6.04 Å². The van der Waals surface area contributed by atoms with Crippen LogP contribution in [0, 0.1) is 6.92 Å². The predicted octanol–water partition coefficient (Wildman–Crippen LogP) is 2.01. The summed E-state index contributed by atoms with van der Waals surface area (Å²) in [7, 11) is -2.46. The van der Waals surface area contributed by atoms with E-state index < -0.39 is 33.8 Å². The zero-order valence-electron chi connectivity index (χ0n) is 16.6. The van der Waals surface area contributed by atoms with Gasteiger partial charge in [-0.3, -0.25) is 19.3 Å². The molecule has 2 aliphatic rings. The Bertz CT molecular complexity index is 1160. The Morgan fingerprint density at radius 1 is 1.07 bits per heavy atom. The number of amides is 3. The van der Waals surface area contributed by atoms with E-state index in [2.05, 4.69) is 5.32 Å². The lowest BCUT2D eigenvalue weighted by Gasteiger charge is -2.23. The van der Waals surface area contributed by atoms with Crippen LogP contribution in [0.2, 0.25) is 0 Å². The number of benzene rings is 2. The van der Waals surface area contributed by atoms with Crippen molar-refractivity contribution < 1.29 is 22.8 Å². The van der Waals surface area contributed by atoms with Gasteiger partial charge in [-0.2, -0.15) is 4.31 Å². The molecule has 1 N–H and O–H groups in total. The number of anilines is 1. The van der Waals surface area contributed by atoms with Crippen LogP contribution in [0.25, 0.3) is 0 Å². The van der Waals surface area contributed by atoms with Crippen LogP contribution in [0.15, 0.2) is 47.4 Å². The number of sulfonamides is 1. The molecule has 0 aromatic heterocycles. The number of fused-ring (bicyclic) bond motifs is 1. The highest BCUT2D eigenvalue weighted by Crippen LogP contribution is 2.31. The molecule has 1 atom stereocenters. The van der Waals surface area contributed by atoms with Crippen LogP contribution < -0.4 is 5.32 Å². The summed E-state index contributed by atoms with van der Waals surface area (Å²) in [6.45, 7) is 2.10. The van der Waals surface area contributed by atoms with E-state index in [1.165, 1.54) is 35.6 Å². The molecule has 4 rings (SSSR count). The van der Waals surface area contributed by atoms with Crippen molar-refractivity contribution in [3.8, 4) is 0 Å². The minimum Gasteiger partial charge on any atom is -0.324 e. The molecule has 30 heavy (non-hydrogen) atoms. The molecule has 2 aromatic carbocycles. The third-order valence-corrected chi connectivity index (χ3v) is 7.43. The van der Waals surface area contributed by atoms with Gasteiger partial charge in [0, 0.05) is 13.6 Å². The summed E-state index contributed by atoms with van der Waals surface area (Å²) in [4.78, 5) is 38.7. The van der Waals surface area contributed by atoms with Crippen molar-refractivity contribution in [2.45, 2.75) is 30.7 Å². The second kappa shape index (κ2) is 7.33. The van der Waals surface area contributed by atoms with Crippen LogP contribution in [-0.2, 0) is 14.8 Å². The molecule has 1 fully saturated rings. The molecule has 0 radical (unpaired) electrons. The molecule has 0 spiro atoms. The Hall–Kier alpha value is -3.04. The number of rotatable bonds is 4. The van der Waals surface area contributed by atoms with Gasteiger partial charge in [0.2, 0.25) is 15.9 Å². The molecule has 2 aromatic rings. The van der Waals surface area contributed by atoms with Gasteiger partial charge < -0.3 is 5.32 Å². The minimum absolute atomic E-state index is 0.129. The Balaban J connectivity index is 1.61. The second-order valence-corrected chi connectivity index (χ2v) is 9.36. The molecule has 9 heteroatoms. The number of carbonyl (C=O) groups is 3. The quantitative estimate of drug-likeness (QED) is 0.752. The van der Waals surface area contributed by atoms with Gasteiger partial charge >= 0.3 is 0 Å². The third kappa shape index (κ3) is 3.20. The highest BCUT2D eigenvalue weighted by atomic mass is 32.2. The van der Waals surface area contributed by atoms with Gasteiger partial charge in [-0.25, -0.2) is 8.42 Å². The normalized spacial score (nSPS) is 19.3. The van der Waals surface area contributed by atoms with Crippen molar-refractivity contribution in [1.29, 1.82) is 0 Å². The number of hydrogen-bond acceptors (Lipinski definition) is 5. The van der Waals surface area contributed by atoms with E-state index in [1.54, 1.807) is 18.2 Å². The van der Waals surface area contributed by atoms with Crippen LogP contribution in [0.3, 0.4) is 0 Å². The minimum atomic E-state index is -3.84. The van der Waals surface area contributed by atoms with E-state index in [1.807, 2.05) is 6.92 Å². The van der Waals surface area contributed by atoms with Crippen LogP contribution in [0.5, 0.6) is 0 Å². The summed E-state index contributed by atoms with van der Waals surface area (Å²) in [5, 5.41) is 2.67. The molecule has 156 valence electrons. The fourth-order valence-electron chi connectivity index (χ4n) is 3.86. The first-order valence-electron chi connectivity index (χ1n) is 9.56. The molecule has 2 heterocycles. The fourth-order valence-corrected chi connectivity index (χ4v) is 5.51. The van der Waals surface area contributed by atoms with Gasteiger partial charge in [-0.05, 0) is 44.0 Å². The van der Waals surface area contributed by atoms with Crippen molar-refractivity contribution in [2.24, 2.45) is 0 Å². The van der Waals surface area contributed by atoms with E-state index in [-0.39, 0.29) is 28.3 Å². The Kier molecular flexibility index (Phi) is 4.95. The van der Waals surface area contributed by atoms with E-state index >= 15 is 0 Å². The van der Waals surface area contributed by atoms with Crippen molar-refractivity contribution in [3.05, 3.63) is 59.2 Å². The average Bonchev–Trinajstić information content (AvgIpc) is 3.30. The Labute approximate surface area is 174 Å². The average molecular weight is 427 g/mol. The zero-order chi connectivity index (χ0) is 21.6. The van der Waals surface area contributed by atoms with Gasteiger partial charge in [-0.15, -0.1) is 0 Å². The molecule has 1 saturated heterocycles. The number of nitrogens with one attached hydrogen (secondary N) is 1. The number of imide groups is 1. The topological polar surface area (TPSA) is 104 Å². The van der Waals surface area contributed by atoms with E-state index in [4.69, 9.17) is 0 Å². The molecular formula is C21H21N3O5S. The molecule has 0 bridgehead atoms. The summed E-state index contributed by atoms with van der Waals surface area (Å²) in [5.74, 6) is -1.46. The second-order valence-electron chi connectivity index (χ2n) is 7.47. The van der Waals surface area contributed by atoms with Crippen LogP contribution in [0.1, 0.15) is 39.1 Å². The predicted molar refractivity (Wildman–Crippen MR) is 110 cm³/mol. The highest BCUT2D eigenvalue weighted by molar-refractivity contribution is 7.89. The maximum atomic E-state index is 13.1. The van der Waals surface area contributed by atoms with E-state index in [0.29, 0.717) is 12.8 Å². The van der Waals surface area contributed by atoms with Crippen molar-refractivity contribution in [2.75, 3.05) is 18.9 Å². The fraction of sp³-hybridized carbons (Fsp3) is 0.286. The third-order valence-electron chi connectivity index (χ3n) is 5.51. The number of aryl methyl sites for hydroxylation is 1. The lowest BCUT2D eigenvalue weighted by Crippen LogP contribution is -2.43. The molecule has 0 saturated carbocycles. The van der Waals surface area contributed by atoms with Crippen LogP contribution >= 0.6 is 0 Å². The molecule has 2 aliphatic heterocycles. The lowest BCUT2D eigenvalue weighted by atomic mass is 10.1. The summed E-state index contributed by atoms with van der Waals surface area (Å²) < 4.78 is 27.4. The number of hydrogen-bond donors (Lipinski definition) is 1. The van der Waals surface area contributed by atoms with Gasteiger partial charge in [-0.1, -0.05) is 23.8 Å². The van der Waals surface area contributed by atoms with Crippen LogP contribution in [0.4, 0.5) is 5.69 Å². The van der Waals surface area contributed by atoms with E-state index in [0.717, 1.165) is 10.5 Å². The van der Waals surface area contributed by atoms with Crippen molar-refractivity contribution in [1.82, 2.24) is 9.21 Å². The summed E-state index contributed by atoms with van der Waals surface area (Å²) in [6.07, 6.45) is 0.926. The highest BCUT2D eigenvalue weighted by Gasteiger charge is 2.41. The van der Waals surface area contributed by atoms with Crippen molar-refractivity contribution >= 4 is 33.4 Å². The first kappa shape index (κ1) is 20.2. The SMILES string of the molecule is Cc1ccc(S(=O)(=O)N2CCC[C@@H]2C(=O)Nc2cccc3c2C(=O)N(C)C3=O)cc1. The van der Waals surface area contributed by atoms with Crippen LogP contribution in [-0.4, -0.2) is 55.0 Å². The van der Waals surface area contributed by atoms with Crippen molar-refractivity contribution in [3.63, 3.8) is 0 Å². The molecule has 3 amide bonds. The number of nitrogens with zero attached hydrogens (tertiary/aromatic N) is 2.